The second-order valence-electron chi connectivity index (χ2n) is 2.56. The molecule has 1 rings (SSSR count). The van der Waals surface area contributed by atoms with Crippen molar-refractivity contribution in [2.24, 2.45) is 4.99 Å². The number of halogens is 2. The van der Waals surface area contributed by atoms with Gasteiger partial charge in [-0.3, -0.25) is 4.79 Å². The van der Waals surface area contributed by atoms with Crippen LogP contribution in [0.5, 0.6) is 0 Å². The van der Waals surface area contributed by atoms with Crippen LogP contribution in [0.4, 0.5) is 8.78 Å². The Balaban J connectivity index is 3.39. The van der Waals surface area contributed by atoms with Crippen LogP contribution in [-0.4, -0.2) is 12.0 Å². The van der Waals surface area contributed by atoms with E-state index in [1.54, 1.807) is 0 Å². The van der Waals surface area contributed by atoms with E-state index in [1.807, 2.05) is 0 Å². The normalized spacial score (nSPS) is 9.36. The molecule has 0 saturated carbocycles. The minimum atomic E-state index is -1.27. The van der Waals surface area contributed by atoms with E-state index in [2.05, 4.69) is 4.99 Å². The maximum absolute atomic E-state index is 13.2. The Bertz CT molecular complexity index is 437. The average Bonchev–Trinajstić information content (AvgIpc) is 2.13. The summed E-state index contributed by atoms with van der Waals surface area (Å²) in [6.07, 6.45) is 0.932. The van der Waals surface area contributed by atoms with Gasteiger partial charge in [0.25, 0.3) is 5.91 Å². The third-order valence-corrected chi connectivity index (χ3v) is 1.65. The van der Waals surface area contributed by atoms with Crippen molar-refractivity contribution < 1.29 is 18.4 Å². The van der Waals surface area contributed by atoms with Crippen LogP contribution in [0.1, 0.15) is 15.9 Å². The van der Waals surface area contributed by atoms with Gasteiger partial charge in [0.2, 0.25) is 6.08 Å². The van der Waals surface area contributed by atoms with E-state index in [4.69, 9.17) is 0 Å². The number of hydrogen-bond donors (Lipinski definition) is 0. The highest BCUT2D eigenvalue weighted by Crippen LogP contribution is 2.16. The highest BCUT2D eigenvalue weighted by Gasteiger charge is 2.18. The summed E-state index contributed by atoms with van der Waals surface area (Å²) in [5.74, 6) is -3.31. The van der Waals surface area contributed by atoms with Gasteiger partial charge in [-0.2, -0.15) is 0 Å². The molecule has 0 N–H and O–H groups in total. The second-order valence-corrected chi connectivity index (χ2v) is 2.56. The van der Waals surface area contributed by atoms with Crippen LogP contribution in [-0.2, 0) is 4.79 Å². The molecule has 0 spiro atoms. The van der Waals surface area contributed by atoms with Crippen molar-refractivity contribution in [3.8, 4) is 0 Å². The zero-order valence-electron chi connectivity index (χ0n) is 7.17. The van der Waals surface area contributed by atoms with Crippen LogP contribution in [0.2, 0.25) is 0 Å². The van der Waals surface area contributed by atoms with Crippen LogP contribution in [0.25, 0.3) is 0 Å². The van der Waals surface area contributed by atoms with Gasteiger partial charge in [0.1, 0.15) is 17.2 Å². The molecule has 0 saturated heterocycles. The van der Waals surface area contributed by atoms with Gasteiger partial charge in [-0.05, 0) is 18.6 Å². The van der Waals surface area contributed by atoms with Crippen molar-refractivity contribution in [1.82, 2.24) is 0 Å². The molecule has 0 heterocycles. The van der Waals surface area contributed by atoms with Gasteiger partial charge in [-0.1, -0.05) is 6.07 Å². The topological polar surface area (TPSA) is 46.5 Å². The number of amides is 1. The molecule has 0 radical (unpaired) electrons. The summed E-state index contributed by atoms with van der Waals surface area (Å²) in [5, 5.41) is 0. The fraction of sp³-hybridized carbons (Fsp3) is 0.111. The van der Waals surface area contributed by atoms with Crippen molar-refractivity contribution in [3.05, 3.63) is 34.9 Å². The standard InChI is InChI=1S/C9H5F2NO2/c1-5-2-3-6(10)7(8(5)11)9(14)12-4-13/h2-3H,1H3. The van der Waals surface area contributed by atoms with Crippen LogP contribution < -0.4 is 0 Å². The maximum Gasteiger partial charge on any atom is 0.293 e. The van der Waals surface area contributed by atoms with Crippen molar-refractivity contribution in [2.45, 2.75) is 6.92 Å². The fourth-order valence-corrected chi connectivity index (χ4v) is 0.950. The molecule has 0 fully saturated rings. The molecular formula is C9H5F2NO2. The lowest BCUT2D eigenvalue weighted by Crippen LogP contribution is -2.04. The molecule has 1 aromatic carbocycles. The largest absolute Gasteiger partial charge is 0.293 e. The number of hydrogen-bond acceptors (Lipinski definition) is 2. The minimum Gasteiger partial charge on any atom is -0.266 e. The number of isocyanates is 1. The Morgan fingerprint density at radius 1 is 1.43 bits per heavy atom. The molecule has 0 aliphatic rings. The van der Waals surface area contributed by atoms with Crippen molar-refractivity contribution in [3.63, 3.8) is 0 Å². The highest BCUT2D eigenvalue weighted by molar-refractivity contribution is 5.98. The Morgan fingerprint density at radius 2 is 2.07 bits per heavy atom. The first-order valence-corrected chi connectivity index (χ1v) is 3.64. The Kier molecular flexibility index (Phi) is 2.84. The zero-order valence-corrected chi connectivity index (χ0v) is 7.17. The highest BCUT2D eigenvalue weighted by atomic mass is 19.1. The summed E-state index contributed by atoms with van der Waals surface area (Å²) in [4.78, 5) is 23.3. The number of nitrogens with zero attached hydrogens (tertiary/aromatic N) is 1. The van der Waals surface area contributed by atoms with Gasteiger partial charge in [-0.25, -0.2) is 13.6 Å². The number of aryl methyl sites for hydroxylation is 1. The molecular weight excluding hydrogens is 192 g/mol. The van der Waals surface area contributed by atoms with E-state index in [0.29, 0.717) is 0 Å². The van der Waals surface area contributed by atoms with Gasteiger partial charge in [0.05, 0.1) is 0 Å². The van der Waals surface area contributed by atoms with Crippen LogP contribution >= 0.6 is 0 Å². The van der Waals surface area contributed by atoms with E-state index < -0.39 is 23.1 Å². The first-order valence-electron chi connectivity index (χ1n) is 3.64. The summed E-state index contributed by atoms with van der Waals surface area (Å²) in [7, 11) is 0. The van der Waals surface area contributed by atoms with E-state index in [0.717, 1.165) is 12.1 Å². The zero-order chi connectivity index (χ0) is 10.7. The summed E-state index contributed by atoms with van der Waals surface area (Å²) < 4.78 is 26.1. The lowest BCUT2D eigenvalue weighted by atomic mass is 10.1. The molecule has 1 amide bonds. The van der Waals surface area contributed by atoms with Crippen LogP contribution in [0.15, 0.2) is 17.1 Å². The Morgan fingerprint density at radius 3 is 2.64 bits per heavy atom. The number of carbonyl (C=O) groups excluding carboxylic acids is 2. The molecule has 3 nitrogen and oxygen atoms in total. The molecule has 0 aliphatic carbocycles. The number of benzene rings is 1. The van der Waals surface area contributed by atoms with E-state index in [-0.39, 0.29) is 5.56 Å². The summed E-state index contributed by atoms with van der Waals surface area (Å²) in [6.45, 7) is 1.37. The first kappa shape index (κ1) is 10.2. The Labute approximate surface area is 78.1 Å². The molecule has 14 heavy (non-hydrogen) atoms. The maximum atomic E-state index is 13.2. The van der Waals surface area contributed by atoms with Crippen molar-refractivity contribution in [1.29, 1.82) is 0 Å². The van der Waals surface area contributed by atoms with Crippen LogP contribution in [0.3, 0.4) is 0 Å². The first-order chi connectivity index (χ1) is 6.57. The fourth-order valence-electron chi connectivity index (χ4n) is 0.950. The number of aliphatic imine (C=N–C) groups is 1. The van der Waals surface area contributed by atoms with E-state index in [1.165, 1.54) is 13.0 Å². The lowest BCUT2D eigenvalue weighted by molar-refractivity contribution is 0.0994. The second kappa shape index (κ2) is 3.89. The molecule has 5 heteroatoms. The molecule has 0 aromatic heterocycles. The SMILES string of the molecule is Cc1ccc(F)c(C(=O)N=C=O)c1F. The van der Waals surface area contributed by atoms with Gasteiger partial charge in [0.15, 0.2) is 0 Å². The Hall–Kier alpha value is -1.87. The molecule has 0 atom stereocenters. The van der Waals surface area contributed by atoms with Crippen molar-refractivity contribution >= 4 is 12.0 Å². The third kappa shape index (κ3) is 1.72. The van der Waals surface area contributed by atoms with Crippen LogP contribution in [0, 0.1) is 18.6 Å². The summed E-state index contributed by atoms with van der Waals surface area (Å²) >= 11 is 0. The summed E-state index contributed by atoms with van der Waals surface area (Å²) in [6, 6.07) is 2.12. The predicted octanol–water partition coefficient (Wildman–Crippen LogP) is 1.75. The van der Waals surface area contributed by atoms with Gasteiger partial charge in [-0.15, -0.1) is 4.99 Å². The molecule has 0 aliphatic heterocycles. The molecule has 0 bridgehead atoms. The lowest BCUT2D eigenvalue weighted by Gasteiger charge is -2.01. The number of carbonyl (C=O) groups is 1. The smallest absolute Gasteiger partial charge is 0.266 e. The van der Waals surface area contributed by atoms with Gasteiger partial charge in [0, 0.05) is 0 Å². The van der Waals surface area contributed by atoms with Gasteiger partial charge < -0.3 is 0 Å². The molecule has 0 unspecified atom stereocenters. The average molecular weight is 197 g/mol. The molecule has 72 valence electrons. The van der Waals surface area contributed by atoms with Gasteiger partial charge >= 0.3 is 0 Å². The predicted molar refractivity (Wildman–Crippen MR) is 43.5 cm³/mol. The quantitative estimate of drug-likeness (QED) is 0.508. The minimum absolute atomic E-state index is 0.107. The monoisotopic (exact) mass is 197 g/mol. The molecule has 1 aromatic rings. The van der Waals surface area contributed by atoms with Crippen molar-refractivity contribution in [2.75, 3.05) is 0 Å². The third-order valence-electron chi connectivity index (χ3n) is 1.65. The number of rotatable bonds is 1. The van der Waals surface area contributed by atoms with E-state index in [9.17, 15) is 18.4 Å². The van der Waals surface area contributed by atoms with E-state index >= 15 is 0 Å². The summed E-state index contributed by atoms with van der Waals surface area (Å²) in [5.41, 5.74) is -0.718.